The van der Waals surface area contributed by atoms with Crippen molar-refractivity contribution in [3.05, 3.63) is 23.3 Å². The number of terminal acetylenes is 1. The molecule has 0 saturated carbocycles. The van der Waals surface area contributed by atoms with Gasteiger partial charge in [-0.2, -0.15) is 0 Å². The van der Waals surface area contributed by atoms with Crippen molar-refractivity contribution in [2.24, 2.45) is 5.73 Å². The van der Waals surface area contributed by atoms with Crippen molar-refractivity contribution in [1.29, 1.82) is 0 Å². The lowest BCUT2D eigenvalue weighted by Crippen LogP contribution is -2.29. The molecule has 0 bridgehead atoms. The molecule has 1 aliphatic rings. The average molecular weight is 274 g/mol. The monoisotopic (exact) mass is 274 g/mol. The lowest BCUT2D eigenvalue weighted by molar-refractivity contribution is 0.254. The third-order valence-corrected chi connectivity index (χ3v) is 3.52. The van der Waals surface area contributed by atoms with Gasteiger partial charge in [0.1, 0.15) is 17.6 Å². The smallest absolute Gasteiger partial charge is 0.124 e. The first-order valence-corrected chi connectivity index (χ1v) is 6.94. The van der Waals surface area contributed by atoms with Gasteiger partial charge >= 0.3 is 0 Å². The van der Waals surface area contributed by atoms with Gasteiger partial charge in [0.2, 0.25) is 0 Å². The Morgan fingerprint density at radius 3 is 3.05 bits per heavy atom. The topological polar surface area (TPSA) is 56.5 Å². The van der Waals surface area contributed by atoms with Gasteiger partial charge in [0.15, 0.2) is 0 Å². The van der Waals surface area contributed by atoms with Crippen LogP contribution in [0.15, 0.2) is 12.1 Å². The van der Waals surface area contributed by atoms with Crippen LogP contribution in [0.2, 0.25) is 0 Å². The molecule has 0 aliphatic carbocycles. The summed E-state index contributed by atoms with van der Waals surface area (Å²) in [7, 11) is 1.68. The summed E-state index contributed by atoms with van der Waals surface area (Å²) in [6, 6.07) is 4.11. The maximum absolute atomic E-state index is 5.87. The fraction of sp³-hybridized carbons (Fsp3) is 0.500. The number of hydrogen-bond donors (Lipinski definition) is 2. The van der Waals surface area contributed by atoms with E-state index >= 15 is 0 Å². The molecule has 0 fully saturated rings. The number of benzene rings is 1. The molecule has 4 nitrogen and oxygen atoms in total. The van der Waals surface area contributed by atoms with Gasteiger partial charge in [-0.1, -0.05) is 0 Å². The van der Waals surface area contributed by atoms with Gasteiger partial charge in [-0.15, -0.1) is 12.3 Å². The van der Waals surface area contributed by atoms with Gasteiger partial charge in [-0.25, -0.2) is 0 Å². The molecule has 108 valence electrons. The minimum Gasteiger partial charge on any atom is -0.496 e. The van der Waals surface area contributed by atoms with E-state index in [0.29, 0.717) is 13.0 Å². The number of hydrogen-bond acceptors (Lipinski definition) is 4. The summed E-state index contributed by atoms with van der Waals surface area (Å²) in [5.74, 6) is 4.40. The fourth-order valence-corrected chi connectivity index (χ4v) is 2.54. The summed E-state index contributed by atoms with van der Waals surface area (Å²) in [6.45, 7) is 3.28. The largest absolute Gasteiger partial charge is 0.496 e. The zero-order chi connectivity index (χ0) is 14.5. The summed E-state index contributed by atoms with van der Waals surface area (Å²) >= 11 is 0. The second kappa shape index (κ2) is 6.65. The van der Waals surface area contributed by atoms with E-state index in [-0.39, 0.29) is 12.1 Å². The van der Waals surface area contributed by atoms with Gasteiger partial charge < -0.3 is 20.5 Å². The Morgan fingerprint density at radius 2 is 2.40 bits per heavy atom. The van der Waals surface area contributed by atoms with Crippen molar-refractivity contribution in [3.63, 3.8) is 0 Å². The Labute approximate surface area is 120 Å². The molecule has 0 aromatic heterocycles. The van der Waals surface area contributed by atoms with Crippen LogP contribution >= 0.6 is 0 Å². The van der Waals surface area contributed by atoms with E-state index in [2.05, 4.69) is 24.2 Å². The maximum Gasteiger partial charge on any atom is 0.124 e. The van der Waals surface area contributed by atoms with Crippen LogP contribution in [0.5, 0.6) is 11.5 Å². The molecule has 2 atom stereocenters. The number of rotatable bonds is 6. The highest BCUT2D eigenvalue weighted by Gasteiger charge is 2.24. The number of methoxy groups -OCH3 is 1. The van der Waals surface area contributed by atoms with E-state index in [1.807, 2.05) is 6.07 Å². The third kappa shape index (κ3) is 3.06. The normalized spacial score (nSPS) is 18.0. The lowest BCUT2D eigenvalue weighted by Gasteiger charge is -2.20. The minimum absolute atomic E-state index is 0.0168. The molecule has 1 aromatic carbocycles. The SMILES string of the molecule is C#CCCNC(CN)c1cc2c(cc1OC)CC(C)O2. The van der Waals surface area contributed by atoms with Gasteiger partial charge in [0, 0.05) is 43.1 Å². The quantitative estimate of drug-likeness (QED) is 0.611. The van der Waals surface area contributed by atoms with Crippen molar-refractivity contribution < 1.29 is 9.47 Å². The van der Waals surface area contributed by atoms with Crippen molar-refractivity contribution in [2.45, 2.75) is 31.9 Å². The second-order valence-corrected chi connectivity index (χ2v) is 5.03. The fourth-order valence-electron chi connectivity index (χ4n) is 2.54. The highest BCUT2D eigenvalue weighted by Crippen LogP contribution is 2.37. The number of fused-ring (bicyclic) bond motifs is 1. The Kier molecular flexibility index (Phi) is 4.89. The molecular formula is C16H22N2O2. The number of ether oxygens (including phenoxy) is 2. The van der Waals surface area contributed by atoms with Gasteiger partial charge in [0.25, 0.3) is 0 Å². The van der Waals surface area contributed by atoms with Crippen molar-refractivity contribution >= 4 is 0 Å². The average Bonchev–Trinajstić information content (AvgIpc) is 2.81. The Morgan fingerprint density at radius 1 is 1.60 bits per heavy atom. The molecule has 1 aliphatic heterocycles. The van der Waals surface area contributed by atoms with E-state index in [1.54, 1.807) is 7.11 Å². The van der Waals surface area contributed by atoms with E-state index in [9.17, 15) is 0 Å². The standard InChI is InChI=1S/C16H22N2O2/c1-4-5-6-18-14(10-17)13-9-15-12(7-11(2)20-15)8-16(13)19-3/h1,8-9,11,14,18H,5-7,10,17H2,2-3H3. The van der Waals surface area contributed by atoms with Crippen LogP contribution in [0.25, 0.3) is 0 Å². The summed E-state index contributed by atoms with van der Waals surface area (Å²) in [5, 5.41) is 3.36. The van der Waals surface area contributed by atoms with Gasteiger partial charge in [0.05, 0.1) is 7.11 Å². The lowest BCUT2D eigenvalue weighted by atomic mass is 10.0. The van der Waals surface area contributed by atoms with Gasteiger partial charge in [-0.3, -0.25) is 0 Å². The molecule has 0 amide bonds. The van der Waals surface area contributed by atoms with E-state index < -0.39 is 0 Å². The molecule has 4 heteroatoms. The molecule has 20 heavy (non-hydrogen) atoms. The molecule has 1 aromatic rings. The molecule has 0 spiro atoms. The van der Waals surface area contributed by atoms with Crippen LogP contribution in [0.3, 0.4) is 0 Å². The van der Waals surface area contributed by atoms with Crippen LogP contribution in [-0.2, 0) is 6.42 Å². The van der Waals surface area contributed by atoms with Crippen molar-refractivity contribution in [3.8, 4) is 23.8 Å². The molecule has 0 saturated heterocycles. The molecule has 2 unspecified atom stereocenters. The molecule has 1 heterocycles. The molecule has 0 radical (unpaired) electrons. The summed E-state index contributed by atoms with van der Waals surface area (Å²) in [6.07, 6.45) is 7.09. The van der Waals surface area contributed by atoms with Crippen molar-refractivity contribution in [2.75, 3.05) is 20.2 Å². The summed E-state index contributed by atoms with van der Waals surface area (Å²) < 4.78 is 11.3. The molecule has 2 rings (SSSR count). The van der Waals surface area contributed by atoms with Crippen LogP contribution in [0.1, 0.15) is 30.5 Å². The maximum atomic E-state index is 5.87. The number of nitrogens with one attached hydrogen (secondary N) is 1. The minimum atomic E-state index is 0.0168. The van der Waals surface area contributed by atoms with Crippen LogP contribution in [0.4, 0.5) is 0 Å². The zero-order valence-corrected chi connectivity index (χ0v) is 12.1. The van der Waals surface area contributed by atoms with Crippen molar-refractivity contribution in [1.82, 2.24) is 5.32 Å². The second-order valence-electron chi connectivity index (χ2n) is 5.03. The van der Waals surface area contributed by atoms with E-state index in [0.717, 1.165) is 30.0 Å². The predicted octanol–water partition coefficient (Wildman–Crippen LogP) is 1.63. The first-order chi connectivity index (χ1) is 9.69. The highest BCUT2D eigenvalue weighted by molar-refractivity contribution is 5.50. The summed E-state index contributed by atoms with van der Waals surface area (Å²) in [4.78, 5) is 0. The predicted molar refractivity (Wildman–Crippen MR) is 80.0 cm³/mol. The van der Waals surface area contributed by atoms with Gasteiger partial charge in [-0.05, 0) is 19.1 Å². The first-order valence-electron chi connectivity index (χ1n) is 6.94. The number of nitrogens with two attached hydrogens (primary N) is 1. The highest BCUT2D eigenvalue weighted by atomic mass is 16.5. The Balaban J connectivity index is 2.25. The molecular weight excluding hydrogens is 252 g/mol. The van der Waals surface area contributed by atoms with Crippen LogP contribution in [0, 0.1) is 12.3 Å². The van der Waals surface area contributed by atoms with Crippen LogP contribution < -0.4 is 20.5 Å². The summed E-state index contributed by atoms with van der Waals surface area (Å²) in [5.41, 5.74) is 8.09. The van der Waals surface area contributed by atoms with E-state index in [1.165, 1.54) is 5.56 Å². The Hall–Kier alpha value is -1.70. The Bertz CT molecular complexity index is 508. The van der Waals surface area contributed by atoms with E-state index in [4.69, 9.17) is 21.6 Å². The first kappa shape index (κ1) is 14.7. The third-order valence-electron chi connectivity index (χ3n) is 3.52. The molecule has 3 N–H and O–H groups in total. The van der Waals surface area contributed by atoms with Crippen LogP contribution in [-0.4, -0.2) is 26.3 Å². The zero-order valence-electron chi connectivity index (χ0n) is 12.1.